The number of benzene rings is 5. The van der Waals surface area contributed by atoms with E-state index in [9.17, 15) is 0 Å². The monoisotopic (exact) mass is 410 g/mol. The average Bonchev–Trinajstić information content (AvgIpc) is 3.31. The highest BCUT2D eigenvalue weighted by molar-refractivity contribution is 6.12. The Labute approximate surface area is 186 Å². The van der Waals surface area contributed by atoms with Gasteiger partial charge in [-0.3, -0.25) is 0 Å². The number of hydrogen-bond donors (Lipinski definition) is 0. The van der Waals surface area contributed by atoms with E-state index < -0.39 is 0 Å². The molecule has 0 spiro atoms. The molecule has 1 aliphatic carbocycles. The lowest BCUT2D eigenvalue weighted by molar-refractivity contribution is 0.653. The van der Waals surface area contributed by atoms with E-state index in [-0.39, 0.29) is 5.41 Å². The molecule has 7 rings (SSSR count). The Kier molecular flexibility index (Phi) is 3.40. The molecule has 0 saturated carbocycles. The fourth-order valence-corrected chi connectivity index (χ4v) is 5.66. The van der Waals surface area contributed by atoms with Gasteiger partial charge in [0.05, 0.1) is 0 Å². The maximum absolute atomic E-state index is 6.46. The first-order valence-corrected chi connectivity index (χ1v) is 11.2. The summed E-state index contributed by atoms with van der Waals surface area (Å²) in [7, 11) is 0. The fourth-order valence-electron chi connectivity index (χ4n) is 5.66. The first-order valence-electron chi connectivity index (χ1n) is 11.2. The third-order valence-electron chi connectivity index (χ3n) is 7.28. The lowest BCUT2D eigenvalue weighted by Gasteiger charge is -2.21. The van der Waals surface area contributed by atoms with Crippen LogP contribution >= 0.6 is 0 Å². The Bertz CT molecular complexity index is 1690. The van der Waals surface area contributed by atoms with Crippen LogP contribution in [0.1, 0.15) is 25.0 Å². The molecule has 1 aliphatic rings. The summed E-state index contributed by atoms with van der Waals surface area (Å²) in [4.78, 5) is 0. The van der Waals surface area contributed by atoms with Gasteiger partial charge in [-0.1, -0.05) is 98.8 Å². The molecule has 0 atom stereocenters. The van der Waals surface area contributed by atoms with Crippen LogP contribution in [0.25, 0.3) is 55.0 Å². The minimum Gasteiger partial charge on any atom is -0.455 e. The molecular formula is C31H22O. The molecule has 1 aromatic heterocycles. The highest BCUT2D eigenvalue weighted by Crippen LogP contribution is 2.53. The molecule has 152 valence electrons. The zero-order valence-electron chi connectivity index (χ0n) is 18.1. The van der Waals surface area contributed by atoms with Crippen molar-refractivity contribution in [2.24, 2.45) is 0 Å². The van der Waals surface area contributed by atoms with Gasteiger partial charge in [0, 0.05) is 21.8 Å². The maximum atomic E-state index is 6.46. The molecule has 0 aliphatic heterocycles. The molecule has 0 saturated heterocycles. The molecule has 0 fully saturated rings. The fraction of sp³-hybridized carbons (Fsp3) is 0.0968. The van der Waals surface area contributed by atoms with E-state index in [4.69, 9.17) is 4.42 Å². The number of hydrogen-bond acceptors (Lipinski definition) is 1. The topological polar surface area (TPSA) is 13.1 Å². The van der Waals surface area contributed by atoms with Crippen LogP contribution in [0.3, 0.4) is 0 Å². The first kappa shape index (κ1) is 17.8. The van der Waals surface area contributed by atoms with E-state index in [2.05, 4.69) is 105 Å². The van der Waals surface area contributed by atoms with Crippen molar-refractivity contribution in [3.8, 4) is 22.3 Å². The van der Waals surface area contributed by atoms with E-state index >= 15 is 0 Å². The minimum atomic E-state index is -0.0604. The van der Waals surface area contributed by atoms with E-state index in [0.717, 1.165) is 11.2 Å². The highest BCUT2D eigenvalue weighted by atomic mass is 16.3. The van der Waals surface area contributed by atoms with Crippen LogP contribution in [0.15, 0.2) is 101 Å². The summed E-state index contributed by atoms with van der Waals surface area (Å²) >= 11 is 0. The molecule has 1 heterocycles. The van der Waals surface area contributed by atoms with Crippen molar-refractivity contribution in [2.45, 2.75) is 19.3 Å². The minimum absolute atomic E-state index is 0.0604. The predicted molar refractivity (Wildman–Crippen MR) is 134 cm³/mol. The van der Waals surface area contributed by atoms with Gasteiger partial charge in [0.2, 0.25) is 0 Å². The van der Waals surface area contributed by atoms with Crippen molar-refractivity contribution in [1.82, 2.24) is 0 Å². The second-order valence-electron chi connectivity index (χ2n) is 9.38. The van der Waals surface area contributed by atoms with Crippen molar-refractivity contribution in [1.29, 1.82) is 0 Å². The average molecular weight is 411 g/mol. The molecular weight excluding hydrogens is 388 g/mol. The zero-order chi connectivity index (χ0) is 21.4. The van der Waals surface area contributed by atoms with Crippen LogP contribution < -0.4 is 0 Å². The molecule has 1 nitrogen and oxygen atoms in total. The molecule has 5 aromatic carbocycles. The summed E-state index contributed by atoms with van der Waals surface area (Å²) in [6.07, 6.45) is 0. The van der Waals surface area contributed by atoms with Crippen LogP contribution in [-0.4, -0.2) is 0 Å². The molecule has 0 radical (unpaired) electrons. The van der Waals surface area contributed by atoms with E-state index in [0.29, 0.717) is 0 Å². The number of rotatable bonds is 1. The summed E-state index contributed by atoms with van der Waals surface area (Å²) in [5, 5.41) is 4.93. The van der Waals surface area contributed by atoms with Gasteiger partial charge < -0.3 is 4.42 Å². The van der Waals surface area contributed by atoms with Crippen molar-refractivity contribution in [3.63, 3.8) is 0 Å². The van der Waals surface area contributed by atoms with Crippen LogP contribution in [0.4, 0.5) is 0 Å². The molecule has 0 unspecified atom stereocenters. The van der Waals surface area contributed by atoms with Crippen molar-refractivity contribution < 1.29 is 4.42 Å². The van der Waals surface area contributed by atoms with Crippen LogP contribution in [-0.2, 0) is 5.41 Å². The quantitative estimate of drug-likeness (QED) is 0.264. The predicted octanol–water partition coefficient (Wildman–Crippen LogP) is 8.71. The Morgan fingerprint density at radius 3 is 2.25 bits per heavy atom. The lowest BCUT2D eigenvalue weighted by atomic mass is 9.82. The van der Waals surface area contributed by atoms with Crippen LogP contribution in [0, 0.1) is 0 Å². The van der Waals surface area contributed by atoms with Gasteiger partial charge in [0.15, 0.2) is 0 Å². The van der Waals surface area contributed by atoms with E-state index in [1.807, 2.05) is 6.07 Å². The third-order valence-corrected chi connectivity index (χ3v) is 7.28. The Morgan fingerprint density at radius 1 is 0.594 bits per heavy atom. The zero-order valence-corrected chi connectivity index (χ0v) is 18.1. The summed E-state index contributed by atoms with van der Waals surface area (Å²) < 4.78 is 6.46. The SMILES string of the molecule is CC1(C)c2ccc(-c3cccc4ccccc34)cc2-c2c1ccc1c2oc2ccccc21. The third kappa shape index (κ3) is 2.23. The highest BCUT2D eigenvalue weighted by Gasteiger charge is 2.37. The second kappa shape index (κ2) is 6.11. The van der Waals surface area contributed by atoms with E-state index in [1.165, 1.54) is 54.9 Å². The molecule has 0 N–H and O–H groups in total. The molecule has 1 heteroatoms. The molecule has 6 aromatic rings. The van der Waals surface area contributed by atoms with Gasteiger partial charge in [-0.2, -0.15) is 0 Å². The van der Waals surface area contributed by atoms with E-state index in [1.54, 1.807) is 0 Å². The Balaban J connectivity index is 1.56. The number of furan rings is 1. The standard InChI is InChI=1S/C31H22O/c1-31(2)26-16-14-20(22-12-7-9-19-8-3-4-10-21(19)22)18-25(26)29-27(31)17-15-24-23-11-5-6-13-28(23)32-30(24)29/h3-18H,1-2H3. The van der Waals surface area contributed by atoms with Gasteiger partial charge in [0.25, 0.3) is 0 Å². The van der Waals surface area contributed by atoms with Gasteiger partial charge in [-0.25, -0.2) is 0 Å². The summed E-state index contributed by atoms with van der Waals surface area (Å²) in [6, 6.07) is 35.0. The maximum Gasteiger partial charge on any atom is 0.143 e. The molecule has 32 heavy (non-hydrogen) atoms. The van der Waals surface area contributed by atoms with Crippen molar-refractivity contribution in [2.75, 3.05) is 0 Å². The van der Waals surface area contributed by atoms with Crippen molar-refractivity contribution >= 4 is 32.7 Å². The van der Waals surface area contributed by atoms with Gasteiger partial charge in [-0.05, 0) is 50.7 Å². The number of fused-ring (bicyclic) bond motifs is 8. The normalized spacial score (nSPS) is 14.2. The lowest BCUT2D eigenvalue weighted by Crippen LogP contribution is -2.14. The van der Waals surface area contributed by atoms with Crippen LogP contribution in [0.2, 0.25) is 0 Å². The summed E-state index contributed by atoms with van der Waals surface area (Å²) in [5.74, 6) is 0. The molecule has 0 amide bonds. The number of para-hydroxylation sites is 1. The Morgan fingerprint density at radius 2 is 1.34 bits per heavy atom. The summed E-state index contributed by atoms with van der Waals surface area (Å²) in [6.45, 7) is 4.65. The van der Waals surface area contributed by atoms with Crippen molar-refractivity contribution in [3.05, 3.63) is 108 Å². The largest absolute Gasteiger partial charge is 0.455 e. The first-order chi connectivity index (χ1) is 15.6. The smallest absolute Gasteiger partial charge is 0.143 e. The van der Waals surface area contributed by atoms with Gasteiger partial charge in [-0.15, -0.1) is 0 Å². The summed E-state index contributed by atoms with van der Waals surface area (Å²) in [5.41, 5.74) is 9.67. The molecule has 0 bridgehead atoms. The van der Waals surface area contributed by atoms with Gasteiger partial charge >= 0.3 is 0 Å². The Hall–Kier alpha value is -3.84. The second-order valence-corrected chi connectivity index (χ2v) is 9.38. The van der Waals surface area contributed by atoms with Crippen LogP contribution in [0.5, 0.6) is 0 Å². The van der Waals surface area contributed by atoms with Gasteiger partial charge in [0.1, 0.15) is 11.2 Å².